The first-order valence-corrected chi connectivity index (χ1v) is 4.94. The molecule has 1 fully saturated rings. The first kappa shape index (κ1) is 11.3. The summed E-state index contributed by atoms with van der Waals surface area (Å²) in [5.41, 5.74) is 0. The number of aliphatic hydroxyl groups is 2. The van der Waals surface area contributed by atoms with Crippen molar-refractivity contribution in [2.24, 2.45) is 0 Å². The number of rotatable bonds is 2. The Bertz CT molecular complexity index is 190. The Kier molecular flexibility index (Phi) is 4.16. The first-order valence-electron chi connectivity index (χ1n) is 4.94. The number of hydrogen-bond donors (Lipinski definition) is 2. The Balaban J connectivity index is 2.37. The molecule has 14 heavy (non-hydrogen) atoms. The minimum atomic E-state index is -0.262. The highest BCUT2D eigenvalue weighted by Gasteiger charge is 2.23. The number of hydrogen-bond acceptors (Lipinski definition) is 3. The second-order valence-corrected chi connectivity index (χ2v) is 3.65. The normalized spacial score (nSPS) is 18.4. The van der Waals surface area contributed by atoms with Crippen LogP contribution in [0.4, 0.5) is 4.79 Å². The summed E-state index contributed by atoms with van der Waals surface area (Å²) in [5.74, 6) is 0. The summed E-state index contributed by atoms with van der Waals surface area (Å²) in [6.45, 7) is 1.56. The van der Waals surface area contributed by atoms with Gasteiger partial charge in [0.15, 0.2) is 0 Å². The largest absolute Gasteiger partial charge is 0.395 e. The number of carbonyl (C=O) groups excluding carboxylic acids is 1. The lowest BCUT2D eigenvalue weighted by atomic mass is 10.1. The SMILES string of the molecule is CN(CCO)C(=O)N1CCC(O)CC1. The zero-order chi connectivity index (χ0) is 10.6. The average molecular weight is 202 g/mol. The molecule has 0 aromatic carbocycles. The maximum atomic E-state index is 11.7. The molecule has 0 aromatic heterocycles. The van der Waals surface area contributed by atoms with E-state index >= 15 is 0 Å². The molecule has 0 atom stereocenters. The molecule has 0 bridgehead atoms. The van der Waals surface area contributed by atoms with Crippen LogP contribution in [-0.4, -0.2) is 65.4 Å². The quantitative estimate of drug-likeness (QED) is 0.633. The molecule has 5 nitrogen and oxygen atoms in total. The van der Waals surface area contributed by atoms with Gasteiger partial charge < -0.3 is 20.0 Å². The van der Waals surface area contributed by atoms with Crippen molar-refractivity contribution >= 4 is 6.03 Å². The predicted octanol–water partition coefficient (Wildman–Crippen LogP) is -0.513. The van der Waals surface area contributed by atoms with Gasteiger partial charge in [0.1, 0.15) is 0 Å². The van der Waals surface area contributed by atoms with Gasteiger partial charge in [-0.3, -0.25) is 0 Å². The highest BCUT2D eigenvalue weighted by atomic mass is 16.3. The maximum Gasteiger partial charge on any atom is 0.319 e. The number of likely N-dealkylation sites (N-methyl/N-ethyl adjacent to an activating group) is 1. The van der Waals surface area contributed by atoms with E-state index in [9.17, 15) is 9.90 Å². The van der Waals surface area contributed by atoms with E-state index in [2.05, 4.69) is 0 Å². The Morgan fingerprint density at radius 1 is 1.50 bits per heavy atom. The molecule has 0 saturated carbocycles. The van der Waals surface area contributed by atoms with Gasteiger partial charge in [0.2, 0.25) is 0 Å². The van der Waals surface area contributed by atoms with Crippen molar-refractivity contribution in [1.29, 1.82) is 0 Å². The molecule has 0 aliphatic carbocycles. The fraction of sp³-hybridized carbons (Fsp3) is 0.889. The minimum Gasteiger partial charge on any atom is -0.395 e. The van der Waals surface area contributed by atoms with Crippen LogP contribution in [0.3, 0.4) is 0 Å². The fourth-order valence-electron chi connectivity index (χ4n) is 1.54. The van der Waals surface area contributed by atoms with Gasteiger partial charge in [-0.05, 0) is 12.8 Å². The molecule has 0 radical (unpaired) electrons. The van der Waals surface area contributed by atoms with Crippen molar-refractivity contribution in [2.45, 2.75) is 18.9 Å². The molecule has 5 heteroatoms. The highest BCUT2D eigenvalue weighted by molar-refractivity contribution is 5.74. The summed E-state index contributed by atoms with van der Waals surface area (Å²) in [5, 5.41) is 17.9. The topological polar surface area (TPSA) is 64.0 Å². The van der Waals surface area contributed by atoms with Crippen molar-refractivity contribution in [3.63, 3.8) is 0 Å². The van der Waals surface area contributed by atoms with Crippen molar-refractivity contribution < 1.29 is 15.0 Å². The number of aliphatic hydroxyl groups excluding tert-OH is 2. The van der Waals surface area contributed by atoms with E-state index < -0.39 is 0 Å². The van der Waals surface area contributed by atoms with Gasteiger partial charge in [-0.25, -0.2) is 4.79 Å². The number of urea groups is 1. The summed E-state index contributed by atoms with van der Waals surface area (Å²) in [6, 6.07) is -0.0639. The lowest BCUT2D eigenvalue weighted by molar-refractivity contribution is 0.0820. The Morgan fingerprint density at radius 2 is 2.07 bits per heavy atom. The zero-order valence-electron chi connectivity index (χ0n) is 8.52. The standard InChI is InChI=1S/C9H18N2O3/c1-10(6-7-12)9(14)11-4-2-8(13)3-5-11/h8,12-13H,2-7H2,1H3. The molecule has 1 rings (SSSR count). The molecule has 0 spiro atoms. The molecule has 0 aromatic rings. The Labute approximate surface area is 83.9 Å². The van der Waals surface area contributed by atoms with Crippen molar-refractivity contribution in [3.8, 4) is 0 Å². The lowest BCUT2D eigenvalue weighted by Gasteiger charge is -2.32. The third-order valence-corrected chi connectivity index (χ3v) is 2.50. The van der Waals surface area contributed by atoms with Crippen LogP contribution >= 0.6 is 0 Å². The van der Waals surface area contributed by atoms with E-state index in [0.717, 1.165) is 0 Å². The van der Waals surface area contributed by atoms with Gasteiger partial charge in [-0.1, -0.05) is 0 Å². The summed E-state index contributed by atoms with van der Waals surface area (Å²) in [4.78, 5) is 14.9. The highest BCUT2D eigenvalue weighted by Crippen LogP contribution is 2.11. The second-order valence-electron chi connectivity index (χ2n) is 3.65. The van der Waals surface area contributed by atoms with Crippen LogP contribution in [0, 0.1) is 0 Å². The summed E-state index contributed by atoms with van der Waals surface area (Å²) in [6.07, 6.45) is 1.04. The van der Waals surface area contributed by atoms with Crippen LogP contribution in [0.5, 0.6) is 0 Å². The number of nitrogens with zero attached hydrogens (tertiary/aromatic N) is 2. The van der Waals surface area contributed by atoms with Gasteiger partial charge in [0, 0.05) is 26.7 Å². The smallest absolute Gasteiger partial charge is 0.319 e. The van der Waals surface area contributed by atoms with Gasteiger partial charge in [0.25, 0.3) is 0 Å². The summed E-state index contributed by atoms with van der Waals surface area (Å²) >= 11 is 0. The number of likely N-dealkylation sites (tertiary alicyclic amines) is 1. The molecule has 1 saturated heterocycles. The summed E-state index contributed by atoms with van der Waals surface area (Å²) < 4.78 is 0. The fourth-order valence-corrected chi connectivity index (χ4v) is 1.54. The van der Waals surface area contributed by atoms with Crippen LogP contribution in [-0.2, 0) is 0 Å². The van der Waals surface area contributed by atoms with Gasteiger partial charge in [-0.2, -0.15) is 0 Å². The van der Waals surface area contributed by atoms with Gasteiger partial charge >= 0.3 is 6.03 Å². The van der Waals surface area contributed by atoms with Crippen molar-refractivity contribution in [2.75, 3.05) is 33.3 Å². The molecule has 1 aliphatic heterocycles. The maximum absolute atomic E-state index is 11.7. The van der Waals surface area contributed by atoms with Crippen molar-refractivity contribution in [1.82, 2.24) is 9.80 Å². The van der Waals surface area contributed by atoms with E-state index in [4.69, 9.17) is 5.11 Å². The third kappa shape index (κ3) is 2.85. The van der Waals surface area contributed by atoms with Gasteiger partial charge in [0.05, 0.1) is 12.7 Å². The van der Waals surface area contributed by atoms with Crippen molar-refractivity contribution in [3.05, 3.63) is 0 Å². The molecule has 1 aliphatic rings. The van der Waals surface area contributed by atoms with Crippen LogP contribution < -0.4 is 0 Å². The molecular weight excluding hydrogens is 184 g/mol. The van der Waals surface area contributed by atoms with Crippen LogP contribution in [0.15, 0.2) is 0 Å². The van der Waals surface area contributed by atoms with Crippen LogP contribution in [0.2, 0.25) is 0 Å². The number of amides is 2. The lowest BCUT2D eigenvalue weighted by Crippen LogP contribution is -2.46. The molecular formula is C9H18N2O3. The minimum absolute atomic E-state index is 0.0152. The predicted molar refractivity (Wildman–Crippen MR) is 51.9 cm³/mol. The van der Waals surface area contributed by atoms with E-state index in [-0.39, 0.29) is 18.7 Å². The van der Waals surface area contributed by atoms with Crippen LogP contribution in [0.25, 0.3) is 0 Å². The average Bonchev–Trinajstić information content (AvgIpc) is 2.18. The number of piperidine rings is 1. The molecule has 0 unspecified atom stereocenters. The zero-order valence-corrected chi connectivity index (χ0v) is 8.52. The van der Waals surface area contributed by atoms with Crippen LogP contribution in [0.1, 0.15) is 12.8 Å². The Hall–Kier alpha value is -0.810. The molecule has 1 heterocycles. The van der Waals surface area contributed by atoms with E-state index in [1.807, 2.05) is 0 Å². The first-order chi connectivity index (χ1) is 6.65. The Morgan fingerprint density at radius 3 is 2.57 bits per heavy atom. The van der Waals surface area contributed by atoms with E-state index in [1.54, 1.807) is 11.9 Å². The molecule has 2 amide bonds. The third-order valence-electron chi connectivity index (χ3n) is 2.50. The number of carbonyl (C=O) groups is 1. The van der Waals surface area contributed by atoms with Gasteiger partial charge in [-0.15, -0.1) is 0 Å². The molecule has 2 N–H and O–H groups in total. The van der Waals surface area contributed by atoms with E-state index in [0.29, 0.717) is 32.5 Å². The molecule has 82 valence electrons. The van der Waals surface area contributed by atoms with E-state index in [1.165, 1.54) is 4.90 Å². The monoisotopic (exact) mass is 202 g/mol. The second kappa shape index (κ2) is 5.17. The summed E-state index contributed by atoms with van der Waals surface area (Å²) in [7, 11) is 1.67.